The maximum absolute atomic E-state index is 13.6. The Morgan fingerprint density at radius 1 is 1.11 bits per heavy atom. The summed E-state index contributed by atoms with van der Waals surface area (Å²) < 4.78 is 14.6. The molecule has 1 unspecified atom stereocenters. The Labute approximate surface area is 131 Å². The van der Waals surface area contributed by atoms with Crippen molar-refractivity contribution in [3.8, 4) is 0 Å². The van der Waals surface area contributed by atoms with Crippen LogP contribution in [0.4, 0.5) is 4.39 Å². The van der Waals surface area contributed by atoms with Gasteiger partial charge in [-0.05, 0) is 70.8 Å². The second-order valence-corrected chi connectivity index (χ2v) is 6.19. The van der Waals surface area contributed by atoms with Crippen LogP contribution in [0, 0.1) is 23.2 Å². The maximum Gasteiger partial charge on any atom is 0.129 e. The molecule has 4 heteroatoms. The SMILES string of the molecule is Cc1cc(C(N)c2ccc(I)c(Cl)c2)cc(C)c1F. The van der Waals surface area contributed by atoms with Gasteiger partial charge in [-0.3, -0.25) is 0 Å². The monoisotopic (exact) mass is 389 g/mol. The van der Waals surface area contributed by atoms with Gasteiger partial charge in [0.1, 0.15) is 5.82 Å². The molecule has 0 saturated heterocycles. The van der Waals surface area contributed by atoms with E-state index in [-0.39, 0.29) is 11.9 Å². The van der Waals surface area contributed by atoms with Crippen LogP contribution < -0.4 is 5.73 Å². The van der Waals surface area contributed by atoms with Gasteiger partial charge in [0.25, 0.3) is 0 Å². The fraction of sp³-hybridized carbons (Fsp3) is 0.200. The van der Waals surface area contributed by atoms with Crippen molar-refractivity contribution in [1.82, 2.24) is 0 Å². The Bertz CT molecular complexity index is 605. The summed E-state index contributed by atoms with van der Waals surface area (Å²) in [5.74, 6) is -0.170. The molecule has 2 aromatic rings. The van der Waals surface area contributed by atoms with Gasteiger partial charge in [0, 0.05) is 3.57 Å². The summed E-state index contributed by atoms with van der Waals surface area (Å²) in [7, 11) is 0. The Morgan fingerprint density at radius 3 is 2.21 bits per heavy atom. The minimum atomic E-state index is -0.299. The summed E-state index contributed by atoms with van der Waals surface area (Å²) in [4.78, 5) is 0. The fourth-order valence-electron chi connectivity index (χ4n) is 2.06. The summed E-state index contributed by atoms with van der Waals surface area (Å²) in [5, 5.41) is 0.684. The van der Waals surface area contributed by atoms with Crippen LogP contribution in [0.5, 0.6) is 0 Å². The average molecular weight is 390 g/mol. The van der Waals surface area contributed by atoms with Gasteiger partial charge in [-0.1, -0.05) is 29.8 Å². The van der Waals surface area contributed by atoms with Crippen LogP contribution >= 0.6 is 34.2 Å². The van der Waals surface area contributed by atoms with Crippen molar-refractivity contribution >= 4 is 34.2 Å². The molecular formula is C15H14ClFIN. The first kappa shape index (κ1) is 14.8. The molecule has 0 fully saturated rings. The van der Waals surface area contributed by atoms with Gasteiger partial charge in [-0.15, -0.1) is 0 Å². The second kappa shape index (κ2) is 5.77. The van der Waals surface area contributed by atoms with Crippen LogP contribution in [0.2, 0.25) is 5.02 Å². The van der Waals surface area contributed by atoms with Crippen LogP contribution in [0.25, 0.3) is 0 Å². The summed E-state index contributed by atoms with van der Waals surface area (Å²) in [6.07, 6.45) is 0. The maximum atomic E-state index is 13.6. The number of halogens is 3. The van der Waals surface area contributed by atoms with E-state index in [1.165, 1.54) is 0 Å². The van der Waals surface area contributed by atoms with Crippen LogP contribution in [0.3, 0.4) is 0 Å². The van der Waals surface area contributed by atoms with Crippen molar-refractivity contribution in [2.75, 3.05) is 0 Å². The molecule has 0 aliphatic carbocycles. The lowest BCUT2D eigenvalue weighted by atomic mass is 9.96. The molecule has 2 aromatic carbocycles. The third kappa shape index (κ3) is 3.09. The van der Waals surface area contributed by atoms with E-state index in [1.807, 2.05) is 18.2 Å². The quantitative estimate of drug-likeness (QED) is 0.737. The van der Waals surface area contributed by atoms with Gasteiger partial charge >= 0.3 is 0 Å². The molecule has 19 heavy (non-hydrogen) atoms. The van der Waals surface area contributed by atoms with Gasteiger partial charge in [0.05, 0.1) is 11.1 Å². The molecule has 0 aliphatic heterocycles. The summed E-state index contributed by atoms with van der Waals surface area (Å²) >= 11 is 8.28. The molecule has 0 aliphatic rings. The Hall–Kier alpha value is -0.650. The largest absolute Gasteiger partial charge is 0.320 e. The van der Waals surface area contributed by atoms with Crippen molar-refractivity contribution in [3.63, 3.8) is 0 Å². The first-order valence-corrected chi connectivity index (χ1v) is 7.33. The van der Waals surface area contributed by atoms with Crippen molar-refractivity contribution in [2.45, 2.75) is 19.9 Å². The fourth-order valence-corrected chi connectivity index (χ4v) is 2.58. The summed E-state index contributed by atoms with van der Waals surface area (Å²) in [5.41, 5.74) is 9.29. The average Bonchev–Trinajstić information content (AvgIpc) is 2.37. The molecule has 0 bridgehead atoms. The number of aryl methyl sites for hydroxylation is 2. The number of hydrogen-bond acceptors (Lipinski definition) is 1. The molecule has 2 N–H and O–H groups in total. The minimum absolute atomic E-state index is 0.170. The molecule has 0 aromatic heterocycles. The zero-order valence-electron chi connectivity index (χ0n) is 10.7. The van der Waals surface area contributed by atoms with E-state index in [9.17, 15) is 4.39 Å². The van der Waals surface area contributed by atoms with E-state index in [0.717, 1.165) is 14.7 Å². The Balaban J connectivity index is 2.43. The van der Waals surface area contributed by atoms with Gasteiger partial charge in [0.2, 0.25) is 0 Å². The first-order valence-electron chi connectivity index (χ1n) is 5.87. The van der Waals surface area contributed by atoms with E-state index in [1.54, 1.807) is 26.0 Å². The molecule has 0 spiro atoms. The predicted molar refractivity (Wildman–Crippen MR) is 86.1 cm³/mol. The lowest BCUT2D eigenvalue weighted by Crippen LogP contribution is -2.13. The zero-order valence-corrected chi connectivity index (χ0v) is 13.6. The van der Waals surface area contributed by atoms with Crippen molar-refractivity contribution in [3.05, 3.63) is 67.0 Å². The van der Waals surface area contributed by atoms with Crippen molar-refractivity contribution < 1.29 is 4.39 Å². The van der Waals surface area contributed by atoms with Crippen molar-refractivity contribution in [2.24, 2.45) is 5.73 Å². The van der Waals surface area contributed by atoms with E-state index >= 15 is 0 Å². The Kier molecular flexibility index (Phi) is 4.48. The normalized spacial score (nSPS) is 12.5. The molecule has 1 atom stereocenters. The second-order valence-electron chi connectivity index (χ2n) is 4.62. The number of nitrogens with two attached hydrogens (primary N) is 1. The van der Waals surface area contributed by atoms with Gasteiger partial charge in [0.15, 0.2) is 0 Å². The van der Waals surface area contributed by atoms with Gasteiger partial charge < -0.3 is 5.73 Å². The zero-order chi connectivity index (χ0) is 14.2. The summed E-state index contributed by atoms with van der Waals surface area (Å²) in [6, 6.07) is 9.03. The molecule has 0 heterocycles. The highest BCUT2D eigenvalue weighted by Gasteiger charge is 2.13. The molecule has 1 nitrogen and oxygen atoms in total. The Morgan fingerprint density at radius 2 is 1.68 bits per heavy atom. The van der Waals surface area contributed by atoms with Crippen LogP contribution in [0.1, 0.15) is 28.3 Å². The van der Waals surface area contributed by atoms with Crippen LogP contribution in [-0.4, -0.2) is 0 Å². The number of rotatable bonds is 2. The van der Waals surface area contributed by atoms with Gasteiger partial charge in [-0.25, -0.2) is 4.39 Å². The first-order chi connectivity index (χ1) is 8.90. The molecule has 2 rings (SSSR count). The van der Waals surface area contributed by atoms with E-state index < -0.39 is 0 Å². The summed E-state index contributed by atoms with van der Waals surface area (Å²) in [6.45, 7) is 3.50. The lowest BCUT2D eigenvalue weighted by molar-refractivity contribution is 0.607. The minimum Gasteiger partial charge on any atom is -0.320 e. The number of benzene rings is 2. The third-order valence-corrected chi connectivity index (χ3v) is 4.69. The van der Waals surface area contributed by atoms with E-state index in [0.29, 0.717) is 16.1 Å². The molecule has 0 radical (unpaired) electrons. The third-order valence-electron chi connectivity index (χ3n) is 3.12. The molecule has 100 valence electrons. The number of hydrogen-bond donors (Lipinski definition) is 1. The lowest BCUT2D eigenvalue weighted by Gasteiger charge is -2.15. The van der Waals surface area contributed by atoms with Crippen LogP contribution in [-0.2, 0) is 0 Å². The predicted octanol–water partition coefficient (Wildman–Crippen LogP) is 4.75. The molecular weight excluding hydrogens is 376 g/mol. The van der Waals surface area contributed by atoms with E-state index in [4.69, 9.17) is 17.3 Å². The highest BCUT2D eigenvalue weighted by molar-refractivity contribution is 14.1. The highest BCUT2D eigenvalue weighted by atomic mass is 127. The molecule has 0 saturated carbocycles. The standard InChI is InChI=1S/C15H14ClFIN/c1-8-5-11(6-9(2)14(8)17)15(19)10-3-4-13(18)12(16)7-10/h3-7,15H,19H2,1-2H3. The molecule has 0 amide bonds. The topological polar surface area (TPSA) is 26.0 Å². The van der Waals surface area contributed by atoms with Crippen LogP contribution in [0.15, 0.2) is 30.3 Å². The van der Waals surface area contributed by atoms with Gasteiger partial charge in [-0.2, -0.15) is 0 Å². The smallest absolute Gasteiger partial charge is 0.129 e. The highest BCUT2D eigenvalue weighted by Crippen LogP contribution is 2.27. The van der Waals surface area contributed by atoms with Crippen molar-refractivity contribution in [1.29, 1.82) is 0 Å². The van der Waals surface area contributed by atoms with E-state index in [2.05, 4.69) is 22.6 Å².